The minimum Gasteiger partial charge on any atom is -0.388 e. The number of nitrogens with zero attached hydrogens (tertiary/aromatic N) is 5. The summed E-state index contributed by atoms with van der Waals surface area (Å²) >= 11 is 0. The van der Waals surface area contributed by atoms with Crippen molar-refractivity contribution in [3.63, 3.8) is 0 Å². The number of aryl methyl sites for hydroxylation is 2. The van der Waals surface area contributed by atoms with E-state index in [9.17, 15) is 4.79 Å². The van der Waals surface area contributed by atoms with E-state index < -0.39 is 5.76 Å². The van der Waals surface area contributed by atoms with E-state index in [0.717, 1.165) is 15.9 Å². The van der Waals surface area contributed by atoms with Gasteiger partial charge in [-0.2, -0.15) is 4.68 Å². The van der Waals surface area contributed by atoms with Gasteiger partial charge in [0.2, 0.25) is 0 Å². The van der Waals surface area contributed by atoms with Crippen molar-refractivity contribution in [1.29, 1.82) is 0 Å². The van der Waals surface area contributed by atoms with Crippen molar-refractivity contribution in [1.82, 2.24) is 24.7 Å². The van der Waals surface area contributed by atoms with Crippen molar-refractivity contribution in [2.75, 3.05) is 5.73 Å². The van der Waals surface area contributed by atoms with Gasteiger partial charge >= 0.3 is 5.76 Å². The van der Waals surface area contributed by atoms with Gasteiger partial charge < -0.3 is 10.2 Å². The zero-order valence-electron chi connectivity index (χ0n) is 11.4. The molecule has 8 nitrogen and oxygen atoms in total. The number of pyridine rings is 1. The van der Waals surface area contributed by atoms with Gasteiger partial charge in [-0.25, -0.2) is 9.78 Å². The number of hydrogen-bond donors (Lipinski definition) is 1. The maximum absolute atomic E-state index is 11.3. The molecule has 0 aliphatic carbocycles. The molecule has 0 bridgehead atoms. The molecule has 3 rings (SSSR count). The first-order valence-corrected chi connectivity index (χ1v) is 6.13. The normalized spacial score (nSPS) is 10.8. The van der Waals surface area contributed by atoms with Crippen LogP contribution in [0.5, 0.6) is 0 Å². The van der Waals surface area contributed by atoms with Crippen molar-refractivity contribution in [2.45, 2.75) is 6.92 Å². The molecular formula is C13H12N6O2. The highest BCUT2D eigenvalue weighted by atomic mass is 16.4. The first-order chi connectivity index (χ1) is 10.0. The molecule has 0 amide bonds. The summed E-state index contributed by atoms with van der Waals surface area (Å²) < 4.78 is 6.17. The van der Waals surface area contributed by atoms with Gasteiger partial charge in [-0.15, -0.1) is 5.10 Å². The Labute approximate surface area is 119 Å². The number of nitrogens with two attached hydrogens (primary N) is 1. The lowest BCUT2D eigenvalue weighted by atomic mass is 10.1. The van der Waals surface area contributed by atoms with E-state index in [-0.39, 0.29) is 5.89 Å². The smallest absolute Gasteiger partial charge is 0.388 e. The summed E-state index contributed by atoms with van der Waals surface area (Å²) in [5.41, 5.74) is 8.30. The number of anilines is 1. The molecule has 3 heterocycles. The fraction of sp³-hybridized carbons (Fsp3) is 0.154. The van der Waals surface area contributed by atoms with E-state index in [1.165, 1.54) is 13.2 Å². The molecule has 106 valence electrons. The van der Waals surface area contributed by atoms with Crippen LogP contribution in [0.15, 0.2) is 33.9 Å². The number of hydrogen-bond acceptors (Lipinski definition) is 7. The molecular weight excluding hydrogens is 272 g/mol. The topological polar surface area (TPSA) is 113 Å². The summed E-state index contributed by atoms with van der Waals surface area (Å²) in [6.45, 7) is 1.85. The van der Waals surface area contributed by atoms with Crippen LogP contribution >= 0.6 is 0 Å². The highest BCUT2D eigenvalue weighted by molar-refractivity contribution is 5.67. The van der Waals surface area contributed by atoms with E-state index in [1.54, 1.807) is 18.5 Å². The molecule has 21 heavy (non-hydrogen) atoms. The van der Waals surface area contributed by atoms with Gasteiger partial charge in [0.15, 0.2) is 0 Å². The van der Waals surface area contributed by atoms with Crippen LogP contribution in [0.1, 0.15) is 5.69 Å². The molecule has 0 fully saturated rings. The quantitative estimate of drug-likeness (QED) is 0.739. The van der Waals surface area contributed by atoms with Crippen LogP contribution < -0.4 is 11.5 Å². The van der Waals surface area contributed by atoms with Gasteiger partial charge in [0, 0.05) is 24.5 Å². The van der Waals surface area contributed by atoms with Crippen molar-refractivity contribution >= 4 is 5.82 Å². The summed E-state index contributed by atoms with van der Waals surface area (Å²) in [6, 6.07) is 1.80. The Morgan fingerprint density at radius 3 is 2.62 bits per heavy atom. The maximum atomic E-state index is 11.3. The molecule has 0 atom stereocenters. The zero-order chi connectivity index (χ0) is 15.0. The van der Waals surface area contributed by atoms with Gasteiger partial charge in [0.1, 0.15) is 5.82 Å². The van der Waals surface area contributed by atoms with Crippen molar-refractivity contribution in [2.24, 2.45) is 7.05 Å². The Morgan fingerprint density at radius 1 is 1.19 bits per heavy atom. The Balaban J connectivity index is 2.12. The Hall–Kier alpha value is -3.03. The Kier molecular flexibility index (Phi) is 2.98. The summed E-state index contributed by atoms with van der Waals surface area (Å²) in [6.07, 6.45) is 4.63. The first kappa shape index (κ1) is 13.0. The number of rotatable bonds is 2. The molecule has 0 radical (unpaired) electrons. The molecule has 0 unspecified atom stereocenters. The first-order valence-electron chi connectivity index (χ1n) is 6.13. The minimum atomic E-state index is -0.528. The lowest BCUT2D eigenvalue weighted by molar-refractivity contribution is 0.505. The minimum absolute atomic E-state index is 0.208. The third-order valence-electron chi connectivity index (χ3n) is 2.97. The van der Waals surface area contributed by atoms with Crippen LogP contribution in [0.4, 0.5) is 5.82 Å². The fourth-order valence-corrected chi connectivity index (χ4v) is 1.85. The van der Waals surface area contributed by atoms with Gasteiger partial charge in [-0.05, 0) is 13.0 Å². The second-order valence-corrected chi connectivity index (χ2v) is 4.48. The molecule has 8 heteroatoms. The fourth-order valence-electron chi connectivity index (χ4n) is 1.85. The van der Waals surface area contributed by atoms with E-state index in [4.69, 9.17) is 10.2 Å². The SMILES string of the molecule is Cc1ncc(-c2nn(C)c(=O)o2)cc1-c1cnc(N)cn1. The van der Waals surface area contributed by atoms with Crippen LogP contribution in [0.3, 0.4) is 0 Å². The lowest BCUT2D eigenvalue weighted by Gasteiger charge is -2.05. The van der Waals surface area contributed by atoms with Crippen LogP contribution in [0, 0.1) is 6.92 Å². The summed E-state index contributed by atoms with van der Waals surface area (Å²) in [7, 11) is 1.52. The highest BCUT2D eigenvalue weighted by Gasteiger charge is 2.12. The predicted octanol–water partition coefficient (Wildman–Crippen LogP) is 0.783. The van der Waals surface area contributed by atoms with Gasteiger partial charge in [-0.3, -0.25) is 9.97 Å². The van der Waals surface area contributed by atoms with Crippen molar-refractivity contribution in [3.05, 3.63) is 40.9 Å². The molecule has 0 spiro atoms. The monoisotopic (exact) mass is 284 g/mol. The highest BCUT2D eigenvalue weighted by Crippen LogP contribution is 2.25. The van der Waals surface area contributed by atoms with E-state index in [1.807, 2.05) is 6.92 Å². The largest absolute Gasteiger partial charge is 0.437 e. The summed E-state index contributed by atoms with van der Waals surface area (Å²) in [5.74, 6) is 0.0234. The number of nitrogen functional groups attached to an aromatic ring is 1. The third kappa shape index (κ3) is 2.38. The molecule has 0 saturated heterocycles. The third-order valence-corrected chi connectivity index (χ3v) is 2.97. The van der Waals surface area contributed by atoms with Crippen LogP contribution in [0.25, 0.3) is 22.7 Å². The Morgan fingerprint density at radius 2 is 2.00 bits per heavy atom. The lowest BCUT2D eigenvalue weighted by Crippen LogP contribution is -2.09. The second-order valence-electron chi connectivity index (χ2n) is 4.48. The molecule has 0 aromatic carbocycles. The molecule has 0 saturated carbocycles. The average molecular weight is 284 g/mol. The van der Waals surface area contributed by atoms with Crippen molar-refractivity contribution in [3.8, 4) is 22.7 Å². The van der Waals surface area contributed by atoms with Crippen LogP contribution in [-0.4, -0.2) is 24.7 Å². The van der Waals surface area contributed by atoms with Gasteiger partial charge in [0.25, 0.3) is 5.89 Å². The molecule has 3 aromatic heterocycles. The molecule has 3 aromatic rings. The van der Waals surface area contributed by atoms with Gasteiger partial charge in [-0.1, -0.05) is 0 Å². The van der Waals surface area contributed by atoms with E-state index in [2.05, 4.69) is 20.1 Å². The molecule has 2 N–H and O–H groups in total. The van der Waals surface area contributed by atoms with E-state index >= 15 is 0 Å². The molecule has 0 aliphatic rings. The van der Waals surface area contributed by atoms with E-state index in [0.29, 0.717) is 17.1 Å². The van der Waals surface area contributed by atoms with Crippen LogP contribution in [0.2, 0.25) is 0 Å². The predicted molar refractivity (Wildman–Crippen MR) is 75.2 cm³/mol. The van der Waals surface area contributed by atoms with Gasteiger partial charge in [0.05, 0.1) is 23.7 Å². The number of aromatic nitrogens is 5. The van der Waals surface area contributed by atoms with Crippen LogP contribution in [-0.2, 0) is 7.05 Å². The summed E-state index contributed by atoms with van der Waals surface area (Å²) in [4.78, 5) is 23.9. The second kappa shape index (κ2) is 4.82. The Bertz CT molecular complexity index is 850. The maximum Gasteiger partial charge on any atom is 0.437 e. The average Bonchev–Trinajstić information content (AvgIpc) is 2.80. The zero-order valence-corrected chi connectivity index (χ0v) is 11.4. The molecule has 0 aliphatic heterocycles. The van der Waals surface area contributed by atoms with Crippen molar-refractivity contribution < 1.29 is 4.42 Å². The summed E-state index contributed by atoms with van der Waals surface area (Å²) in [5, 5.41) is 4.00. The standard InChI is InChI=1S/C13H12N6O2/c1-7-9(10-5-17-11(14)6-16-10)3-8(4-15-7)12-18-19(2)13(20)21-12/h3-6H,1-2H3,(H2,14,17).